The van der Waals surface area contributed by atoms with Gasteiger partial charge < -0.3 is 19.4 Å². The summed E-state index contributed by atoms with van der Waals surface area (Å²) in [6.07, 6.45) is 0.129. The highest BCUT2D eigenvalue weighted by molar-refractivity contribution is 5.21. The molecular weight excluding hydrogens is 232 g/mol. The van der Waals surface area contributed by atoms with E-state index in [-0.39, 0.29) is 6.10 Å². The van der Waals surface area contributed by atoms with Crippen LogP contribution in [0.15, 0.2) is 4.42 Å². The Morgan fingerprint density at radius 1 is 1.33 bits per heavy atom. The van der Waals surface area contributed by atoms with Gasteiger partial charge in [0.05, 0.1) is 12.6 Å². The van der Waals surface area contributed by atoms with Crippen molar-refractivity contribution < 1.29 is 9.15 Å². The highest BCUT2D eigenvalue weighted by atomic mass is 16.5. The molecule has 1 unspecified atom stereocenters. The fraction of sp³-hybridized carbons (Fsp3) is 0.833. The van der Waals surface area contributed by atoms with E-state index >= 15 is 0 Å². The van der Waals surface area contributed by atoms with Crippen molar-refractivity contribution >= 4 is 6.01 Å². The minimum absolute atomic E-state index is 0.129. The zero-order valence-corrected chi connectivity index (χ0v) is 11.9. The Morgan fingerprint density at radius 3 is 2.67 bits per heavy atom. The van der Waals surface area contributed by atoms with Gasteiger partial charge in [0.15, 0.2) is 0 Å². The molecule has 0 saturated carbocycles. The van der Waals surface area contributed by atoms with Crippen molar-refractivity contribution in [2.45, 2.75) is 33.4 Å². The van der Waals surface area contributed by atoms with Crippen molar-refractivity contribution in [2.75, 3.05) is 32.1 Å². The van der Waals surface area contributed by atoms with E-state index in [1.54, 1.807) is 7.11 Å². The molecule has 1 aromatic rings. The molecule has 1 aromatic heterocycles. The van der Waals surface area contributed by atoms with Crippen LogP contribution >= 0.6 is 0 Å². The van der Waals surface area contributed by atoms with Crippen LogP contribution in [0, 0.1) is 5.92 Å². The number of methoxy groups -OCH3 is 1. The Labute approximate surface area is 109 Å². The van der Waals surface area contributed by atoms with Crippen LogP contribution in [0.5, 0.6) is 0 Å². The minimum atomic E-state index is 0.129. The quantitative estimate of drug-likeness (QED) is 0.756. The summed E-state index contributed by atoms with van der Waals surface area (Å²) in [5.74, 6) is 1.22. The van der Waals surface area contributed by atoms with Gasteiger partial charge in [0, 0.05) is 20.7 Å². The van der Waals surface area contributed by atoms with Crippen LogP contribution < -0.4 is 10.2 Å². The monoisotopic (exact) mass is 256 g/mol. The Balaban J connectivity index is 2.42. The van der Waals surface area contributed by atoms with Gasteiger partial charge >= 0.3 is 6.01 Å². The molecule has 18 heavy (non-hydrogen) atoms. The van der Waals surface area contributed by atoms with Crippen LogP contribution in [0.3, 0.4) is 0 Å². The zero-order valence-electron chi connectivity index (χ0n) is 11.9. The van der Waals surface area contributed by atoms with Crippen LogP contribution in [-0.2, 0) is 11.3 Å². The summed E-state index contributed by atoms with van der Waals surface area (Å²) in [4.78, 5) is 1.90. The molecular formula is C12H24N4O2. The van der Waals surface area contributed by atoms with Gasteiger partial charge in [-0.2, -0.15) is 0 Å². The van der Waals surface area contributed by atoms with Gasteiger partial charge in [0.1, 0.15) is 0 Å². The van der Waals surface area contributed by atoms with Crippen LogP contribution in [0.4, 0.5) is 6.01 Å². The second-order valence-electron chi connectivity index (χ2n) is 4.93. The fourth-order valence-electron chi connectivity index (χ4n) is 1.48. The summed E-state index contributed by atoms with van der Waals surface area (Å²) < 4.78 is 10.8. The lowest BCUT2D eigenvalue weighted by Crippen LogP contribution is -2.28. The molecule has 0 spiro atoms. The first-order valence-corrected chi connectivity index (χ1v) is 6.30. The van der Waals surface area contributed by atoms with Crippen molar-refractivity contribution in [3.05, 3.63) is 5.89 Å². The third-order valence-corrected chi connectivity index (χ3v) is 2.54. The number of nitrogens with one attached hydrogen (secondary N) is 1. The maximum absolute atomic E-state index is 5.56. The van der Waals surface area contributed by atoms with Gasteiger partial charge in [-0.25, -0.2) is 0 Å². The van der Waals surface area contributed by atoms with E-state index in [9.17, 15) is 0 Å². The van der Waals surface area contributed by atoms with E-state index in [0.717, 1.165) is 13.1 Å². The first-order valence-electron chi connectivity index (χ1n) is 6.30. The maximum Gasteiger partial charge on any atom is 0.318 e. The average molecular weight is 256 g/mol. The van der Waals surface area contributed by atoms with E-state index in [4.69, 9.17) is 9.15 Å². The second-order valence-corrected chi connectivity index (χ2v) is 4.93. The van der Waals surface area contributed by atoms with Crippen LogP contribution in [0.1, 0.15) is 26.7 Å². The smallest absolute Gasteiger partial charge is 0.318 e. The van der Waals surface area contributed by atoms with Crippen LogP contribution in [0.2, 0.25) is 0 Å². The molecule has 1 rings (SSSR count). The van der Waals surface area contributed by atoms with E-state index in [0.29, 0.717) is 24.4 Å². The van der Waals surface area contributed by atoms with Crippen LogP contribution in [0.25, 0.3) is 0 Å². The average Bonchev–Trinajstić information content (AvgIpc) is 2.77. The fourth-order valence-corrected chi connectivity index (χ4v) is 1.48. The molecule has 1 heterocycles. The van der Waals surface area contributed by atoms with Crippen molar-refractivity contribution in [3.63, 3.8) is 0 Å². The lowest BCUT2D eigenvalue weighted by Gasteiger charge is -2.17. The summed E-state index contributed by atoms with van der Waals surface area (Å²) in [5, 5.41) is 11.3. The van der Waals surface area contributed by atoms with Crippen LogP contribution in [-0.4, -0.2) is 43.5 Å². The van der Waals surface area contributed by atoms with Crippen molar-refractivity contribution in [1.29, 1.82) is 0 Å². The molecule has 0 aliphatic carbocycles. The predicted molar refractivity (Wildman–Crippen MR) is 70.6 cm³/mol. The third kappa shape index (κ3) is 5.01. The van der Waals surface area contributed by atoms with Gasteiger partial charge in [0.2, 0.25) is 5.89 Å². The Kier molecular flexibility index (Phi) is 6.07. The molecule has 104 valence electrons. The Morgan fingerprint density at radius 2 is 2.06 bits per heavy atom. The first-order chi connectivity index (χ1) is 8.52. The van der Waals surface area contributed by atoms with E-state index in [1.807, 2.05) is 18.9 Å². The Hall–Kier alpha value is -1.14. The number of hydrogen-bond acceptors (Lipinski definition) is 6. The summed E-state index contributed by atoms with van der Waals surface area (Å²) in [6.45, 7) is 8.58. The van der Waals surface area contributed by atoms with Crippen molar-refractivity contribution in [2.24, 2.45) is 5.92 Å². The lowest BCUT2D eigenvalue weighted by atomic mass is 10.2. The number of ether oxygens (including phenoxy) is 1. The summed E-state index contributed by atoms with van der Waals surface area (Å²) in [7, 11) is 3.60. The van der Waals surface area contributed by atoms with Gasteiger partial charge in [0.25, 0.3) is 0 Å². The summed E-state index contributed by atoms with van der Waals surface area (Å²) in [5.41, 5.74) is 0. The lowest BCUT2D eigenvalue weighted by molar-refractivity contribution is 0.123. The zero-order chi connectivity index (χ0) is 13.5. The van der Waals surface area contributed by atoms with Gasteiger partial charge in [-0.05, 0) is 19.4 Å². The molecule has 0 radical (unpaired) electrons. The first kappa shape index (κ1) is 14.9. The van der Waals surface area contributed by atoms with E-state index in [2.05, 4.69) is 29.4 Å². The normalized spacial score (nSPS) is 13.0. The molecule has 0 bridgehead atoms. The number of likely N-dealkylation sites (N-methyl/N-ethyl adjacent to an activating group) is 1. The number of anilines is 1. The molecule has 6 nitrogen and oxygen atoms in total. The van der Waals surface area contributed by atoms with Crippen molar-refractivity contribution in [1.82, 2.24) is 15.5 Å². The molecule has 1 atom stereocenters. The number of aromatic nitrogens is 2. The largest absolute Gasteiger partial charge is 0.407 e. The number of rotatable bonds is 8. The molecule has 1 N–H and O–H groups in total. The van der Waals surface area contributed by atoms with E-state index < -0.39 is 0 Å². The molecule has 6 heteroatoms. The molecule has 0 aliphatic rings. The minimum Gasteiger partial charge on any atom is -0.407 e. The topological polar surface area (TPSA) is 63.4 Å². The summed E-state index contributed by atoms with van der Waals surface area (Å²) >= 11 is 0. The predicted octanol–water partition coefficient (Wildman–Crippen LogP) is 1.29. The molecule has 0 fully saturated rings. The molecule has 0 aliphatic heterocycles. The third-order valence-electron chi connectivity index (χ3n) is 2.54. The molecule has 0 amide bonds. The maximum atomic E-state index is 5.56. The van der Waals surface area contributed by atoms with Gasteiger partial charge in [-0.1, -0.05) is 18.9 Å². The SMILES string of the molecule is COC(C)CN(C)c1nnc(CNCC(C)C)o1. The molecule has 0 saturated heterocycles. The highest BCUT2D eigenvalue weighted by Crippen LogP contribution is 2.11. The molecule has 0 aromatic carbocycles. The van der Waals surface area contributed by atoms with Gasteiger partial charge in [-0.3, -0.25) is 0 Å². The summed E-state index contributed by atoms with van der Waals surface area (Å²) in [6, 6.07) is 0.528. The number of nitrogens with zero attached hydrogens (tertiary/aromatic N) is 3. The second kappa shape index (κ2) is 7.33. The van der Waals surface area contributed by atoms with Crippen molar-refractivity contribution in [3.8, 4) is 0 Å². The Bertz CT molecular complexity index is 341. The number of hydrogen-bond donors (Lipinski definition) is 1. The van der Waals surface area contributed by atoms with E-state index in [1.165, 1.54) is 0 Å². The van der Waals surface area contributed by atoms with Gasteiger partial charge in [-0.15, -0.1) is 5.10 Å². The standard InChI is InChI=1S/C12H24N4O2/c1-9(2)6-13-7-11-14-15-12(18-11)16(4)8-10(3)17-5/h9-10,13H,6-8H2,1-5H3. The highest BCUT2D eigenvalue weighted by Gasteiger charge is 2.13.